The summed E-state index contributed by atoms with van der Waals surface area (Å²) in [6.07, 6.45) is 0. The lowest BCUT2D eigenvalue weighted by Crippen LogP contribution is -2.36. The van der Waals surface area contributed by atoms with Crippen molar-refractivity contribution in [1.82, 2.24) is 9.29 Å². The van der Waals surface area contributed by atoms with Gasteiger partial charge in [0, 0.05) is 32.7 Å². The minimum Gasteiger partial charge on any atom is -0.298 e. The molecule has 0 aliphatic heterocycles. The molecule has 4 aromatic rings. The molecule has 180 valence electrons. The number of carbonyl (C=O) groups is 1. The summed E-state index contributed by atoms with van der Waals surface area (Å²) in [5.74, 6) is -0.345. The fourth-order valence-corrected chi connectivity index (χ4v) is 6.18. The number of thiazole rings is 1. The van der Waals surface area contributed by atoms with E-state index in [2.05, 4.69) is 32.9 Å². The van der Waals surface area contributed by atoms with Crippen LogP contribution in [0.25, 0.3) is 11.3 Å². The molecule has 4 rings (SSSR count). The quantitative estimate of drug-likeness (QED) is 0.237. The number of nitrogens with one attached hydrogen (secondary N) is 1. The van der Waals surface area contributed by atoms with Gasteiger partial charge in [-0.15, -0.1) is 11.3 Å². The molecule has 1 amide bonds. The second-order valence-corrected chi connectivity index (χ2v) is 12.1. The van der Waals surface area contributed by atoms with E-state index in [0.29, 0.717) is 10.7 Å². The zero-order chi connectivity index (χ0) is 25.0. The van der Waals surface area contributed by atoms with E-state index < -0.39 is 10.0 Å². The molecule has 0 unspecified atom stereocenters. The molecule has 0 bridgehead atoms. The highest BCUT2D eigenvalue weighted by molar-refractivity contribution is 14.1. The number of anilines is 1. The van der Waals surface area contributed by atoms with E-state index in [1.807, 2.05) is 73.8 Å². The number of aromatic nitrogens is 1. The molecular weight excluding hydrogens is 593 g/mol. The average Bonchev–Trinajstić information content (AvgIpc) is 3.32. The van der Waals surface area contributed by atoms with Gasteiger partial charge in [0.25, 0.3) is 5.91 Å². The Morgan fingerprint density at radius 3 is 2.29 bits per heavy atom. The molecule has 0 radical (unpaired) electrons. The van der Waals surface area contributed by atoms with Crippen molar-refractivity contribution in [3.05, 3.63) is 98.9 Å². The second kappa shape index (κ2) is 11.0. The van der Waals surface area contributed by atoms with Crippen LogP contribution in [0.4, 0.5) is 5.13 Å². The average molecular weight is 618 g/mol. The van der Waals surface area contributed by atoms with Crippen LogP contribution < -0.4 is 5.32 Å². The van der Waals surface area contributed by atoms with Crippen molar-refractivity contribution in [2.45, 2.75) is 31.3 Å². The topological polar surface area (TPSA) is 79.4 Å². The molecule has 0 saturated heterocycles. The van der Waals surface area contributed by atoms with Crippen molar-refractivity contribution in [2.75, 3.05) is 5.32 Å². The van der Waals surface area contributed by atoms with Crippen LogP contribution in [0.15, 0.2) is 89.1 Å². The van der Waals surface area contributed by atoms with E-state index in [-0.39, 0.29) is 23.4 Å². The Kier molecular flexibility index (Phi) is 8.00. The highest BCUT2D eigenvalue weighted by Crippen LogP contribution is 2.26. The Bertz CT molecular complexity index is 1400. The largest absolute Gasteiger partial charge is 0.298 e. The first-order valence-corrected chi connectivity index (χ1v) is 14.3. The minimum atomic E-state index is -3.74. The van der Waals surface area contributed by atoms with Crippen LogP contribution in [0, 0.1) is 3.57 Å². The molecule has 9 heteroatoms. The molecule has 0 aliphatic carbocycles. The number of carbonyl (C=O) groups excluding carboxylic acids is 1. The first-order chi connectivity index (χ1) is 16.7. The van der Waals surface area contributed by atoms with Gasteiger partial charge in [-0.1, -0.05) is 42.5 Å². The molecule has 1 heterocycles. The Morgan fingerprint density at radius 2 is 1.66 bits per heavy atom. The number of hydrogen-bond donors (Lipinski definition) is 1. The summed E-state index contributed by atoms with van der Waals surface area (Å²) in [5.41, 5.74) is 3.03. The first kappa shape index (κ1) is 25.5. The van der Waals surface area contributed by atoms with Crippen LogP contribution in [0.5, 0.6) is 0 Å². The van der Waals surface area contributed by atoms with Gasteiger partial charge in [-0.05, 0) is 78.4 Å². The summed E-state index contributed by atoms with van der Waals surface area (Å²) in [5, 5.41) is 5.17. The molecule has 0 saturated carbocycles. The highest BCUT2D eigenvalue weighted by Gasteiger charge is 2.27. The molecule has 0 spiro atoms. The lowest BCUT2D eigenvalue weighted by Gasteiger charge is -2.26. The third-order valence-corrected chi connectivity index (χ3v) is 8.86. The number of nitrogens with zero attached hydrogens (tertiary/aromatic N) is 2. The molecule has 0 aliphatic rings. The molecule has 3 aromatic carbocycles. The zero-order valence-corrected chi connectivity index (χ0v) is 23.0. The van der Waals surface area contributed by atoms with Gasteiger partial charge in [-0.3, -0.25) is 10.1 Å². The maximum absolute atomic E-state index is 13.3. The summed E-state index contributed by atoms with van der Waals surface area (Å²) in [4.78, 5) is 17.4. The molecule has 1 aromatic heterocycles. The Balaban J connectivity index is 1.47. The van der Waals surface area contributed by atoms with Crippen LogP contribution in [0.3, 0.4) is 0 Å². The molecule has 0 atom stereocenters. The van der Waals surface area contributed by atoms with E-state index in [1.165, 1.54) is 39.9 Å². The van der Waals surface area contributed by atoms with Crippen molar-refractivity contribution >= 4 is 55.0 Å². The van der Waals surface area contributed by atoms with E-state index in [1.54, 1.807) is 0 Å². The van der Waals surface area contributed by atoms with Crippen LogP contribution in [0.2, 0.25) is 0 Å². The molecular formula is C26H24IN3O3S2. The van der Waals surface area contributed by atoms with Gasteiger partial charge in [0.05, 0.1) is 10.6 Å². The predicted molar refractivity (Wildman–Crippen MR) is 149 cm³/mol. The highest BCUT2D eigenvalue weighted by atomic mass is 127. The monoisotopic (exact) mass is 617 g/mol. The fourth-order valence-electron chi connectivity index (χ4n) is 3.48. The van der Waals surface area contributed by atoms with Crippen LogP contribution in [0.1, 0.15) is 29.8 Å². The van der Waals surface area contributed by atoms with Gasteiger partial charge in [-0.2, -0.15) is 4.31 Å². The summed E-state index contributed by atoms with van der Waals surface area (Å²) < 4.78 is 29.2. The number of rotatable bonds is 8. The fraction of sp³-hybridized carbons (Fsp3) is 0.154. The number of halogens is 1. The van der Waals surface area contributed by atoms with E-state index in [4.69, 9.17) is 0 Å². The smallest absolute Gasteiger partial charge is 0.257 e. The maximum Gasteiger partial charge on any atom is 0.257 e. The van der Waals surface area contributed by atoms with Gasteiger partial charge < -0.3 is 0 Å². The van der Waals surface area contributed by atoms with Crippen LogP contribution in [-0.4, -0.2) is 29.7 Å². The normalized spacial score (nSPS) is 11.7. The van der Waals surface area contributed by atoms with Crippen LogP contribution in [-0.2, 0) is 16.6 Å². The number of hydrogen-bond acceptors (Lipinski definition) is 5. The summed E-state index contributed by atoms with van der Waals surface area (Å²) in [6.45, 7) is 3.97. The number of sulfonamides is 1. The SMILES string of the molecule is CC(C)N(Cc1ccccc1)S(=O)(=O)c1ccc(C(=O)Nc2nc(-c3ccc(I)cc3)cs2)cc1. The zero-order valence-electron chi connectivity index (χ0n) is 19.2. The van der Waals surface area contributed by atoms with E-state index >= 15 is 0 Å². The molecule has 35 heavy (non-hydrogen) atoms. The maximum atomic E-state index is 13.3. The third kappa shape index (κ3) is 6.16. The Hall–Kier alpha value is -2.60. The van der Waals surface area contributed by atoms with Crippen molar-refractivity contribution < 1.29 is 13.2 Å². The van der Waals surface area contributed by atoms with Crippen molar-refractivity contribution in [3.63, 3.8) is 0 Å². The third-order valence-electron chi connectivity index (χ3n) is 5.34. The number of benzene rings is 3. The van der Waals surface area contributed by atoms with Gasteiger partial charge in [0.15, 0.2) is 5.13 Å². The van der Waals surface area contributed by atoms with E-state index in [9.17, 15) is 13.2 Å². The first-order valence-electron chi connectivity index (χ1n) is 10.9. The molecule has 1 N–H and O–H groups in total. The van der Waals surface area contributed by atoms with Gasteiger partial charge in [0.1, 0.15) is 0 Å². The van der Waals surface area contributed by atoms with Gasteiger partial charge >= 0.3 is 0 Å². The summed E-state index contributed by atoms with van der Waals surface area (Å²) in [7, 11) is -3.74. The van der Waals surface area contributed by atoms with Crippen molar-refractivity contribution in [3.8, 4) is 11.3 Å². The summed E-state index contributed by atoms with van der Waals surface area (Å²) >= 11 is 3.59. The standard InChI is InChI=1S/C26H24IN3O3S2/c1-18(2)30(16-19-6-4-3-5-7-19)35(32,33)23-14-10-21(11-15-23)25(31)29-26-28-24(17-34-26)20-8-12-22(27)13-9-20/h3-15,17-18H,16H2,1-2H3,(H,28,29,31). The molecule has 6 nitrogen and oxygen atoms in total. The number of amides is 1. The minimum absolute atomic E-state index is 0.147. The van der Waals surface area contributed by atoms with Gasteiger partial charge in [-0.25, -0.2) is 13.4 Å². The van der Waals surface area contributed by atoms with Crippen molar-refractivity contribution in [2.24, 2.45) is 0 Å². The van der Waals surface area contributed by atoms with Gasteiger partial charge in [0.2, 0.25) is 10.0 Å². The van der Waals surface area contributed by atoms with Crippen LogP contribution >= 0.6 is 33.9 Å². The Morgan fingerprint density at radius 1 is 1.00 bits per heavy atom. The Labute approximate surface area is 223 Å². The van der Waals surface area contributed by atoms with Crippen molar-refractivity contribution in [1.29, 1.82) is 0 Å². The molecule has 0 fully saturated rings. The van der Waals surface area contributed by atoms with E-state index in [0.717, 1.165) is 20.4 Å². The lowest BCUT2D eigenvalue weighted by molar-refractivity contribution is 0.102. The second-order valence-electron chi connectivity index (χ2n) is 8.15. The predicted octanol–water partition coefficient (Wildman–Crippen LogP) is 6.27. The lowest BCUT2D eigenvalue weighted by atomic mass is 10.2. The summed E-state index contributed by atoms with van der Waals surface area (Å²) in [6, 6.07) is 23.2.